The van der Waals surface area contributed by atoms with Crippen molar-refractivity contribution < 1.29 is 4.79 Å². The number of aromatic nitrogens is 2. The zero-order chi connectivity index (χ0) is 10.3. The fraction of sp³-hybridized carbons (Fsp3) is 0.636. The Morgan fingerprint density at radius 1 is 1.43 bits per heavy atom. The number of ketones is 1. The molecule has 2 rings (SSSR count). The number of nitrogens with one attached hydrogen (secondary N) is 1. The molecule has 0 spiro atoms. The highest BCUT2D eigenvalue weighted by Crippen LogP contribution is 2.34. The number of aryl methyl sites for hydroxylation is 1. The van der Waals surface area contributed by atoms with Crippen molar-refractivity contribution in [3.63, 3.8) is 0 Å². The molecule has 0 atom stereocenters. The minimum absolute atomic E-state index is 0.0340. The van der Waals surface area contributed by atoms with Crippen LogP contribution in [0.2, 0.25) is 0 Å². The van der Waals surface area contributed by atoms with E-state index in [1.807, 2.05) is 6.92 Å². The van der Waals surface area contributed by atoms with Crippen LogP contribution < -0.4 is 0 Å². The van der Waals surface area contributed by atoms with Crippen molar-refractivity contribution in [2.45, 2.75) is 45.4 Å². The zero-order valence-corrected chi connectivity index (χ0v) is 8.98. The molecule has 1 aliphatic rings. The number of carbonyl (C=O) groups excluding carboxylic acids is 1. The van der Waals surface area contributed by atoms with E-state index in [1.165, 1.54) is 0 Å². The van der Waals surface area contributed by atoms with Crippen molar-refractivity contribution in [3.05, 3.63) is 17.0 Å². The van der Waals surface area contributed by atoms with E-state index in [0.29, 0.717) is 6.42 Å². The zero-order valence-electron chi connectivity index (χ0n) is 8.98. The molecule has 1 heterocycles. The van der Waals surface area contributed by atoms with Gasteiger partial charge in [0.1, 0.15) is 0 Å². The maximum absolute atomic E-state index is 11.8. The summed E-state index contributed by atoms with van der Waals surface area (Å²) in [6.45, 7) is 6.24. The molecule has 0 radical (unpaired) electrons. The van der Waals surface area contributed by atoms with E-state index in [0.717, 1.165) is 29.8 Å². The molecule has 0 unspecified atom stereocenters. The van der Waals surface area contributed by atoms with E-state index in [4.69, 9.17) is 0 Å². The minimum atomic E-state index is 0.0340. The Balaban J connectivity index is 2.60. The number of carbonyl (C=O) groups is 1. The maximum Gasteiger partial charge on any atom is 0.166 e. The average molecular weight is 192 g/mol. The molecule has 1 N–H and O–H groups in total. The van der Waals surface area contributed by atoms with Crippen molar-refractivity contribution in [1.29, 1.82) is 0 Å². The monoisotopic (exact) mass is 192 g/mol. The lowest BCUT2D eigenvalue weighted by molar-refractivity contribution is 0.0981. The van der Waals surface area contributed by atoms with Crippen LogP contribution in [0.5, 0.6) is 0 Å². The Morgan fingerprint density at radius 2 is 2.14 bits per heavy atom. The van der Waals surface area contributed by atoms with Crippen LogP contribution in [-0.4, -0.2) is 16.0 Å². The van der Waals surface area contributed by atoms with Crippen molar-refractivity contribution in [2.24, 2.45) is 0 Å². The van der Waals surface area contributed by atoms with Gasteiger partial charge in [-0.15, -0.1) is 0 Å². The number of hydrogen-bond donors (Lipinski definition) is 1. The van der Waals surface area contributed by atoms with E-state index in [-0.39, 0.29) is 11.2 Å². The number of rotatable bonds is 0. The SMILES string of the molecule is Cc1[nH]nc2c1C(=O)CCCC2(C)C. The standard InChI is InChI=1S/C11H16N2O/c1-7-9-8(14)5-4-6-11(2,3)10(9)13-12-7/h4-6H2,1-3H3,(H,12,13). The summed E-state index contributed by atoms with van der Waals surface area (Å²) in [7, 11) is 0. The lowest BCUT2D eigenvalue weighted by Gasteiger charge is -2.20. The van der Waals surface area contributed by atoms with Crippen molar-refractivity contribution >= 4 is 5.78 Å². The maximum atomic E-state index is 11.8. The second-order valence-corrected chi connectivity index (χ2v) is 4.73. The predicted molar refractivity (Wildman–Crippen MR) is 54.5 cm³/mol. The van der Waals surface area contributed by atoms with Crippen molar-refractivity contribution in [3.8, 4) is 0 Å². The molecular weight excluding hydrogens is 176 g/mol. The molecule has 0 aliphatic heterocycles. The fourth-order valence-electron chi connectivity index (χ4n) is 2.19. The highest BCUT2D eigenvalue weighted by molar-refractivity contribution is 5.98. The van der Waals surface area contributed by atoms with Crippen LogP contribution in [0.3, 0.4) is 0 Å². The number of H-pyrrole nitrogens is 1. The normalized spacial score (nSPS) is 20.4. The first-order chi connectivity index (χ1) is 6.52. The molecular formula is C11H16N2O. The third kappa shape index (κ3) is 1.27. The molecule has 3 nitrogen and oxygen atoms in total. The summed E-state index contributed by atoms with van der Waals surface area (Å²) in [5.41, 5.74) is 2.75. The molecule has 0 saturated heterocycles. The van der Waals surface area contributed by atoms with Gasteiger partial charge in [-0.1, -0.05) is 13.8 Å². The molecule has 0 saturated carbocycles. The molecule has 3 heteroatoms. The summed E-state index contributed by atoms with van der Waals surface area (Å²) in [6, 6.07) is 0. The van der Waals surface area contributed by atoms with Gasteiger partial charge in [0.2, 0.25) is 0 Å². The summed E-state index contributed by atoms with van der Waals surface area (Å²) in [5.74, 6) is 0.247. The Labute approximate surface area is 83.9 Å². The molecule has 1 aromatic rings. The number of hydrogen-bond acceptors (Lipinski definition) is 2. The summed E-state index contributed by atoms with van der Waals surface area (Å²) in [6.07, 6.45) is 2.68. The van der Waals surface area contributed by atoms with Gasteiger partial charge >= 0.3 is 0 Å². The van der Waals surface area contributed by atoms with E-state index in [2.05, 4.69) is 24.0 Å². The molecule has 14 heavy (non-hydrogen) atoms. The van der Waals surface area contributed by atoms with Crippen molar-refractivity contribution in [2.75, 3.05) is 0 Å². The molecule has 0 amide bonds. The van der Waals surface area contributed by atoms with Crippen LogP contribution >= 0.6 is 0 Å². The first kappa shape index (κ1) is 9.44. The molecule has 0 fully saturated rings. The van der Waals surface area contributed by atoms with Gasteiger partial charge in [0.25, 0.3) is 0 Å². The average Bonchev–Trinajstić information content (AvgIpc) is 2.42. The van der Waals surface area contributed by atoms with Crippen molar-refractivity contribution in [1.82, 2.24) is 10.2 Å². The lowest BCUT2D eigenvalue weighted by atomic mass is 9.84. The summed E-state index contributed by atoms with van der Waals surface area (Å²) in [5, 5.41) is 7.20. The predicted octanol–water partition coefficient (Wildman–Crippen LogP) is 2.36. The quantitative estimate of drug-likeness (QED) is 0.641. The Bertz CT molecular complexity index is 377. The molecule has 1 aromatic heterocycles. The van der Waals surface area contributed by atoms with Crippen LogP contribution in [0.25, 0.3) is 0 Å². The van der Waals surface area contributed by atoms with Crippen LogP contribution in [0, 0.1) is 6.92 Å². The van der Waals surface area contributed by atoms with Gasteiger partial charge in [0.05, 0.1) is 11.3 Å². The Hall–Kier alpha value is -1.12. The van der Waals surface area contributed by atoms with E-state index in [9.17, 15) is 4.79 Å². The summed E-state index contributed by atoms with van der Waals surface area (Å²) < 4.78 is 0. The third-order valence-electron chi connectivity index (χ3n) is 3.07. The van der Waals surface area contributed by atoms with E-state index >= 15 is 0 Å². The molecule has 0 bridgehead atoms. The Kier molecular flexibility index (Phi) is 1.98. The van der Waals surface area contributed by atoms with Crippen LogP contribution in [-0.2, 0) is 5.41 Å². The van der Waals surface area contributed by atoms with Gasteiger partial charge in [-0.05, 0) is 19.8 Å². The van der Waals surface area contributed by atoms with Crippen LogP contribution in [0.1, 0.15) is 54.9 Å². The van der Waals surface area contributed by atoms with Gasteiger partial charge in [-0.2, -0.15) is 5.10 Å². The van der Waals surface area contributed by atoms with Gasteiger partial charge in [0, 0.05) is 17.5 Å². The highest BCUT2D eigenvalue weighted by atomic mass is 16.1. The lowest BCUT2D eigenvalue weighted by Crippen LogP contribution is -2.18. The van der Waals surface area contributed by atoms with Crippen LogP contribution in [0.4, 0.5) is 0 Å². The summed E-state index contributed by atoms with van der Waals surface area (Å²) >= 11 is 0. The second kappa shape index (κ2) is 2.94. The smallest absolute Gasteiger partial charge is 0.166 e. The molecule has 76 valence electrons. The molecule has 0 aromatic carbocycles. The Morgan fingerprint density at radius 3 is 2.86 bits per heavy atom. The van der Waals surface area contributed by atoms with Gasteiger partial charge < -0.3 is 0 Å². The minimum Gasteiger partial charge on any atom is -0.294 e. The molecule has 1 aliphatic carbocycles. The first-order valence-electron chi connectivity index (χ1n) is 5.11. The van der Waals surface area contributed by atoms with Gasteiger partial charge in [0.15, 0.2) is 5.78 Å². The van der Waals surface area contributed by atoms with Gasteiger partial charge in [-0.25, -0.2) is 0 Å². The number of Topliss-reactive ketones (excluding diaryl/α,β-unsaturated/α-hetero) is 1. The number of fused-ring (bicyclic) bond motifs is 1. The summed E-state index contributed by atoms with van der Waals surface area (Å²) in [4.78, 5) is 11.8. The van der Waals surface area contributed by atoms with Gasteiger partial charge in [-0.3, -0.25) is 9.89 Å². The highest BCUT2D eigenvalue weighted by Gasteiger charge is 2.33. The van der Waals surface area contributed by atoms with E-state index < -0.39 is 0 Å². The first-order valence-corrected chi connectivity index (χ1v) is 5.11. The van der Waals surface area contributed by atoms with Crippen LogP contribution in [0.15, 0.2) is 0 Å². The fourth-order valence-corrected chi connectivity index (χ4v) is 2.19. The second-order valence-electron chi connectivity index (χ2n) is 4.73. The number of nitrogens with zero attached hydrogens (tertiary/aromatic N) is 1. The number of aromatic amines is 1. The topological polar surface area (TPSA) is 45.8 Å². The largest absolute Gasteiger partial charge is 0.294 e. The van der Waals surface area contributed by atoms with E-state index in [1.54, 1.807) is 0 Å². The third-order valence-corrected chi connectivity index (χ3v) is 3.07.